The number of likely N-dealkylation sites (tertiary alicyclic amines) is 1. The van der Waals surface area contributed by atoms with Crippen molar-refractivity contribution in [2.24, 2.45) is 5.92 Å². The van der Waals surface area contributed by atoms with Gasteiger partial charge in [0, 0.05) is 38.2 Å². The normalized spacial score (nSPS) is 26.8. The third-order valence-corrected chi connectivity index (χ3v) is 5.04. The van der Waals surface area contributed by atoms with Crippen LogP contribution in [0.3, 0.4) is 0 Å². The molecule has 1 aromatic rings. The first-order valence-electron chi connectivity index (χ1n) is 8.89. The molecule has 0 aliphatic carbocycles. The second-order valence-corrected chi connectivity index (χ2v) is 6.95. The van der Waals surface area contributed by atoms with E-state index in [0.29, 0.717) is 6.04 Å². The molecule has 2 aliphatic heterocycles. The molecule has 1 N–H and O–H groups in total. The minimum atomic E-state index is 0.140. The van der Waals surface area contributed by atoms with Crippen molar-refractivity contribution in [3.05, 3.63) is 35.9 Å². The minimum absolute atomic E-state index is 0.140. The van der Waals surface area contributed by atoms with Crippen molar-refractivity contribution in [3.8, 4) is 0 Å². The van der Waals surface area contributed by atoms with Crippen molar-refractivity contribution < 1.29 is 9.53 Å². The number of hydrogen-bond acceptors (Lipinski definition) is 3. The Kier molecular flexibility index (Phi) is 5.68. The fraction of sp³-hybridized carbons (Fsp3) is 0.632. The molecule has 2 unspecified atom stereocenters. The van der Waals surface area contributed by atoms with E-state index in [1.54, 1.807) is 0 Å². The fourth-order valence-electron chi connectivity index (χ4n) is 3.63. The molecule has 4 heteroatoms. The first-order valence-corrected chi connectivity index (χ1v) is 8.89. The summed E-state index contributed by atoms with van der Waals surface area (Å²) in [7, 11) is 0. The third-order valence-electron chi connectivity index (χ3n) is 5.04. The van der Waals surface area contributed by atoms with Crippen LogP contribution in [0.2, 0.25) is 0 Å². The SMILES string of the molecule is CC1CC(C(=O)NC2CCN(Cc3ccccc3)CC2)CCO1. The van der Waals surface area contributed by atoms with Crippen LogP contribution in [0, 0.1) is 5.92 Å². The van der Waals surface area contributed by atoms with Gasteiger partial charge < -0.3 is 10.1 Å². The maximum atomic E-state index is 12.4. The van der Waals surface area contributed by atoms with Gasteiger partial charge in [0.1, 0.15) is 0 Å². The molecule has 0 radical (unpaired) electrons. The Balaban J connectivity index is 1.41. The average Bonchev–Trinajstić information content (AvgIpc) is 2.57. The Labute approximate surface area is 139 Å². The van der Waals surface area contributed by atoms with E-state index in [1.807, 2.05) is 0 Å². The highest BCUT2D eigenvalue weighted by Crippen LogP contribution is 2.21. The van der Waals surface area contributed by atoms with Gasteiger partial charge in [0.15, 0.2) is 0 Å². The van der Waals surface area contributed by atoms with E-state index in [2.05, 4.69) is 47.5 Å². The molecule has 2 saturated heterocycles. The Morgan fingerprint density at radius 2 is 1.96 bits per heavy atom. The topological polar surface area (TPSA) is 41.6 Å². The molecule has 2 aliphatic rings. The first kappa shape index (κ1) is 16.5. The van der Waals surface area contributed by atoms with Gasteiger partial charge >= 0.3 is 0 Å². The standard InChI is InChI=1S/C19H28N2O2/c1-15-13-17(9-12-23-15)19(22)20-18-7-10-21(11-8-18)14-16-5-3-2-4-6-16/h2-6,15,17-18H,7-14H2,1H3,(H,20,22). The molecule has 0 aromatic heterocycles. The van der Waals surface area contributed by atoms with Gasteiger partial charge in [-0.1, -0.05) is 30.3 Å². The minimum Gasteiger partial charge on any atom is -0.378 e. The summed E-state index contributed by atoms with van der Waals surface area (Å²) in [6, 6.07) is 10.9. The monoisotopic (exact) mass is 316 g/mol. The fourth-order valence-corrected chi connectivity index (χ4v) is 3.63. The Bertz CT molecular complexity index is 497. The van der Waals surface area contributed by atoms with Gasteiger partial charge in [-0.3, -0.25) is 9.69 Å². The molecule has 3 rings (SSSR count). The molecule has 1 amide bonds. The first-order chi connectivity index (χ1) is 11.2. The summed E-state index contributed by atoms with van der Waals surface area (Å²) in [5.74, 6) is 0.378. The molecule has 126 valence electrons. The van der Waals surface area contributed by atoms with Crippen LogP contribution in [0.25, 0.3) is 0 Å². The van der Waals surface area contributed by atoms with Crippen molar-refractivity contribution >= 4 is 5.91 Å². The van der Waals surface area contributed by atoms with Gasteiger partial charge in [0.2, 0.25) is 5.91 Å². The van der Waals surface area contributed by atoms with Crippen LogP contribution in [0.1, 0.15) is 38.2 Å². The summed E-state index contributed by atoms with van der Waals surface area (Å²) in [5.41, 5.74) is 1.37. The van der Waals surface area contributed by atoms with Crippen molar-refractivity contribution in [2.75, 3.05) is 19.7 Å². The largest absolute Gasteiger partial charge is 0.378 e. The van der Waals surface area contributed by atoms with Gasteiger partial charge in [-0.15, -0.1) is 0 Å². The van der Waals surface area contributed by atoms with Gasteiger partial charge in [-0.25, -0.2) is 0 Å². The highest BCUT2D eigenvalue weighted by molar-refractivity contribution is 5.79. The zero-order valence-electron chi connectivity index (χ0n) is 14.0. The van der Waals surface area contributed by atoms with Crippen LogP contribution in [0.5, 0.6) is 0 Å². The van der Waals surface area contributed by atoms with E-state index in [1.165, 1.54) is 5.56 Å². The molecule has 0 spiro atoms. The Hall–Kier alpha value is -1.39. The summed E-state index contributed by atoms with van der Waals surface area (Å²) in [5, 5.41) is 3.27. The van der Waals surface area contributed by atoms with Crippen LogP contribution in [-0.2, 0) is 16.1 Å². The lowest BCUT2D eigenvalue weighted by Gasteiger charge is -2.34. The van der Waals surface area contributed by atoms with Gasteiger partial charge in [0.05, 0.1) is 6.10 Å². The van der Waals surface area contributed by atoms with E-state index >= 15 is 0 Å². The molecule has 2 fully saturated rings. The number of amides is 1. The predicted molar refractivity (Wildman–Crippen MR) is 91.0 cm³/mol. The molecule has 1 aromatic carbocycles. The van der Waals surface area contributed by atoms with E-state index in [0.717, 1.165) is 51.9 Å². The predicted octanol–water partition coefficient (Wildman–Crippen LogP) is 2.58. The third kappa shape index (κ3) is 4.79. The zero-order valence-corrected chi connectivity index (χ0v) is 14.0. The smallest absolute Gasteiger partial charge is 0.223 e. The van der Waals surface area contributed by atoms with E-state index in [4.69, 9.17) is 4.74 Å². The summed E-state index contributed by atoms with van der Waals surface area (Å²) >= 11 is 0. The summed E-state index contributed by atoms with van der Waals surface area (Å²) in [6.07, 6.45) is 4.04. The lowest BCUT2D eigenvalue weighted by molar-refractivity contribution is -0.130. The number of carbonyl (C=O) groups excluding carboxylic acids is 1. The van der Waals surface area contributed by atoms with Crippen molar-refractivity contribution in [2.45, 2.75) is 51.3 Å². The van der Waals surface area contributed by atoms with Crippen molar-refractivity contribution in [1.82, 2.24) is 10.2 Å². The van der Waals surface area contributed by atoms with Crippen molar-refractivity contribution in [1.29, 1.82) is 0 Å². The van der Waals surface area contributed by atoms with E-state index in [-0.39, 0.29) is 17.9 Å². The van der Waals surface area contributed by atoms with Crippen LogP contribution in [0.15, 0.2) is 30.3 Å². The van der Waals surface area contributed by atoms with Gasteiger partial charge in [-0.2, -0.15) is 0 Å². The Morgan fingerprint density at radius 1 is 1.22 bits per heavy atom. The Morgan fingerprint density at radius 3 is 2.65 bits per heavy atom. The van der Waals surface area contributed by atoms with Crippen LogP contribution < -0.4 is 5.32 Å². The van der Waals surface area contributed by atoms with E-state index in [9.17, 15) is 4.79 Å². The number of nitrogens with zero attached hydrogens (tertiary/aromatic N) is 1. The quantitative estimate of drug-likeness (QED) is 0.928. The number of hydrogen-bond donors (Lipinski definition) is 1. The number of benzene rings is 1. The van der Waals surface area contributed by atoms with Crippen molar-refractivity contribution in [3.63, 3.8) is 0 Å². The summed E-state index contributed by atoms with van der Waals surface area (Å²) in [4.78, 5) is 14.9. The number of rotatable bonds is 4. The molecule has 2 atom stereocenters. The maximum absolute atomic E-state index is 12.4. The van der Waals surface area contributed by atoms with E-state index < -0.39 is 0 Å². The average molecular weight is 316 g/mol. The lowest BCUT2D eigenvalue weighted by Crippen LogP contribution is -2.47. The lowest BCUT2D eigenvalue weighted by atomic mass is 9.94. The molecular formula is C19H28N2O2. The number of nitrogens with one attached hydrogen (secondary N) is 1. The zero-order chi connectivity index (χ0) is 16.1. The molecule has 4 nitrogen and oxygen atoms in total. The van der Waals surface area contributed by atoms with Crippen LogP contribution in [0.4, 0.5) is 0 Å². The highest BCUT2D eigenvalue weighted by Gasteiger charge is 2.28. The molecule has 0 bridgehead atoms. The van der Waals surface area contributed by atoms with Crippen LogP contribution in [-0.4, -0.2) is 42.6 Å². The number of ether oxygens (including phenoxy) is 1. The molecule has 0 saturated carbocycles. The molecule has 23 heavy (non-hydrogen) atoms. The number of carbonyl (C=O) groups is 1. The van der Waals surface area contributed by atoms with Crippen LogP contribution >= 0.6 is 0 Å². The second-order valence-electron chi connectivity index (χ2n) is 6.95. The summed E-state index contributed by atoms with van der Waals surface area (Å²) < 4.78 is 5.53. The molecular weight excluding hydrogens is 288 g/mol. The molecule has 2 heterocycles. The van der Waals surface area contributed by atoms with Gasteiger partial charge in [0.25, 0.3) is 0 Å². The summed E-state index contributed by atoms with van der Waals surface area (Å²) in [6.45, 7) is 5.91. The van der Waals surface area contributed by atoms with Gasteiger partial charge in [-0.05, 0) is 38.2 Å². The number of piperidine rings is 1. The highest BCUT2D eigenvalue weighted by atomic mass is 16.5. The second kappa shape index (κ2) is 7.93. The maximum Gasteiger partial charge on any atom is 0.223 e.